The molecule has 34 heavy (non-hydrogen) atoms. The molecule has 0 radical (unpaired) electrons. The first-order valence-electron chi connectivity index (χ1n) is 10.5. The third-order valence-corrected chi connectivity index (χ3v) is 5.57. The molecule has 4 rings (SSSR count). The van der Waals surface area contributed by atoms with Gasteiger partial charge in [0.15, 0.2) is 5.78 Å². The van der Waals surface area contributed by atoms with Gasteiger partial charge in [-0.1, -0.05) is 42.5 Å². The van der Waals surface area contributed by atoms with Crippen molar-refractivity contribution in [3.05, 3.63) is 119 Å². The van der Waals surface area contributed by atoms with Crippen LogP contribution >= 0.6 is 0 Å². The number of hydrogen-bond donors (Lipinski definition) is 1. The van der Waals surface area contributed by atoms with Crippen LogP contribution in [0.4, 0.5) is 18.9 Å². The summed E-state index contributed by atoms with van der Waals surface area (Å²) < 4.78 is 42.0. The van der Waals surface area contributed by atoms with Crippen LogP contribution in [0.5, 0.6) is 0 Å². The van der Waals surface area contributed by atoms with E-state index in [0.29, 0.717) is 28.2 Å². The van der Waals surface area contributed by atoms with Crippen LogP contribution in [-0.2, 0) is 6.18 Å². The van der Waals surface area contributed by atoms with Crippen molar-refractivity contribution >= 4 is 17.4 Å². The fraction of sp³-hybridized carbons (Fsp3) is 0.111. The van der Waals surface area contributed by atoms with E-state index in [9.17, 15) is 22.8 Å². The number of halogens is 3. The van der Waals surface area contributed by atoms with E-state index in [-0.39, 0.29) is 17.0 Å². The molecule has 1 amide bonds. The number of aromatic nitrogens is 1. The number of anilines is 1. The lowest BCUT2D eigenvalue weighted by Gasteiger charge is -2.16. The molecule has 0 unspecified atom stereocenters. The molecule has 0 aliphatic heterocycles. The van der Waals surface area contributed by atoms with Gasteiger partial charge in [-0.25, -0.2) is 0 Å². The first kappa shape index (κ1) is 23.0. The molecule has 3 aromatic carbocycles. The lowest BCUT2D eigenvalue weighted by molar-refractivity contribution is -0.137. The van der Waals surface area contributed by atoms with Crippen molar-refractivity contribution < 1.29 is 22.8 Å². The second-order valence-corrected chi connectivity index (χ2v) is 7.86. The molecule has 4 aromatic rings. The molecule has 0 bridgehead atoms. The molecule has 0 atom stereocenters. The van der Waals surface area contributed by atoms with Gasteiger partial charge in [0.1, 0.15) is 0 Å². The highest BCUT2D eigenvalue weighted by Crippen LogP contribution is 2.35. The minimum atomic E-state index is -4.53. The van der Waals surface area contributed by atoms with Crippen LogP contribution in [0.15, 0.2) is 84.9 Å². The van der Waals surface area contributed by atoms with Crippen LogP contribution in [0.2, 0.25) is 0 Å². The topological polar surface area (TPSA) is 51.1 Å². The van der Waals surface area contributed by atoms with Crippen molar-refractivity contribution in [3.63, 3.8) is 0 Å². The highest BCUT2D eigenvalue weighted by atomic mass is 19.4. The summed E-state index contributed by atoms with van der Waals surface area (Å²) >= 11 is 0. The van der Waals surface area contributed by atoms with Crippen LogP contribution < -0.4 is 5.32 Å². The van der Waals surface area contributed by atoms with E-state index in [1.54, 1.807) is 68.4 Å². The number of rotatable bonds is 5. The van der Waals surface area contributed by atoms with E-state index in [4.69, 9.17) is 0 Å². The Labute approximate surface area is 194 Å². The molecule has 0 saturated carbocycles. The predicted molar refractivity (Wildman–Crippen MR) is 125 cm³/mol. The minimum Gasteiger partial charge on any atom is -0.322 e. The van der Waals surface area contributed by atoms with Gasteiger partial charge in [-0.2, -0.15) is 13.2 Å². The lowest BCUT2D eigenvalue weighted by Crippen LogP contribution is -2.15. The molecule has 172 valence electrons. The summed E-state index contributed by atoms with van der Waals surface area (Å²) in [6.07, 6.45) is -4.53. The van der Waals surface area contributed by atoms with Gasteiger partial charge in [-0.15, -0.1) is 0 Å². The summed E-state index contributed by atoms with van der Waals surface area (Å²) in [5, 5.41) is 2.76. The average Bonchev–Trinajstić information content (AvgIpc) is 3.13. The van der Waals surface area contributed by atoms with Gasteiger partial charge in [-0.3, -0.25) is 9.59 Å². The first-order chi connectivity index (χ1) is 16.2. The zero-order valence-electron chi connectivity index (χ0n) is 18.5. The van der Waals surface area contributed by atoms with Crippen LogP contribution in [0, 0.1) is 13.8 Å². The van der Waals surface area contributed by atoms with Crippen LogP contribution in [0.25, 0.3) is 5.69 Å². The summed E-state index contributed by atoms with van der Waals surface area (Å²) in [5.74, 6) is -0.587. The molecule has 0 spiro atoms. The Balaban J connectivity index is 1.58. The van der Waals surface area contributed by atoms with E-state index in [1.165, 1.54) is 22.8 Å². The summed E-state index contributed by atoms with van der Waals surface area (Å²) in [6.45, 7) is 3.26. The number of para-hydroxylation sites is 1. The Morgan fingerprint density at radius 2 is 1.38 bits per heavy atom. The second kappa shape index (κ2) is 9.02. The summed E-state index contributed by atoms with van der Waals surface area (Å²) in [4.78, 5) is 25.5. The van der Waals surface area contributed by atoms with Gasteiger partial charge in [0.05, 0.1) is 16.8 Å². The van der Waals surface area contributed by atoms with Crippen molar-refractivity contribution in [3.8, 4) is 5.69 Å². The van der Waals surface area contributed by atoms with E-state index in [2.05, 4.69) is 5.32 Å². The molecule has 1 aromatic heterocycles. The fourth-order valence-corrected chi connectivity index (χ4v) is 3.93. The number of hydrogen-bond acceptors (Lipinski definition) is 2. The maximum atomic E-state index is 13.5. The van der Waals surface area contributed by atoms with Crippen molar-refractivity contribution in [2.24, 2.45) is 0 Å². The number of amides is 1. The Morgan fingerprint density at radius 1 is 0.794 bits per heavy atom. The van der Waals surface area contributed by atoms with Gasteiger partial charge >= 0.3 is 6.18 Å². The quantitative estimate of drug-likeness (QED) is 0.340. The number of alkyl halides is 3. The molecular weight excluding hydrogens is 441 g/mol. The predicted octanol–water partition coefficient (Wildman–Crippen LogP) is 6.60. The first-order valence-corrected chi connectivity index (χ1v) is 10.5. The van der Waals surface area contributed by atoms with Crippen molar-refractivity contribution in [1.29, 1.82) is 0 Å². The molecule has 0 aliphatic carbocycles. The van der Waals surface area contributed by atoms with E-state index in [0.717, 1.165) is 6.07 Å². The molecule has 4 nitrogen and oxygen atoms in total. The zero-order chi connectivity index (χ0) is 24.5. The lowest BCUT2D eigenvalue weighted by atomic mass is 10.0. The number of nitrogens with one attached hydrogen (secondary N) is 1. The highest BCUT2D eigenvalue weighted by molar-refractivity contribution is 6.09. The molecule has 1 heterocycles. The summed E-state index contributed by atoms with van der Waals surface area (Å²) in [5.41, 5.74) is 1.85. The maximum absolute atomic E-state index is 13.5. The standard InChI is InChI=1S/C27H21F3N2O2/c1-17-16-22(18(2)32(17)24-11-7-6-10-23(24)27(28,29)30)26(34)31-21-14-12-20(13-15-21)25(33)19-8-4-3-5-9-19/h3-16H,1-2H3,(H,31,34). The third-order valence-electron chi connectivity index (χ3n) is 5.57. The summed E-state index contributed by atoms with van der Waals surface area (Å²) in [6, 6.07) is 22.1. The SMILES string of the molecule is Cc1cc(C(=O)Nc2ccc(C(=O)c3ccccc3)cc2)c(C)n1-c1ccccc1C(F)(F)F. The van der Waals surface area contributed by atoms with Crippen LogP contribution in [0.3, 0.4) is 0 Å². The van der Waals surface area contributed by atoms with Crippen LogP contribution in [-0.4, -0.2) is 16.3 Å². The van der Waals surface area contributed by atoms with Crippen molar-refractivity contribution in [2.75, 3.05) is 5.32 Å². The van der Waals surface area contributed by atoms with Gasteiger partial charge in [0.25, 0.3) is 5.91 Å². The van der Waals surface area contributed by atoms with Gasteiger partial charge < -0.3 is 9.88 Å². The Kier molecular flexibility index (Phi) is 6.11. The number of carbonyl (C=O) groups is 2. The normalized spacial score (nSPS) is 11.3. The molecule has 0 aliphatic rings. The number of ketones is 1. The van der Waals surface area contributed by atoms with Gasteiger partial charge in [-0.05, 0) is 56.3 Å². The monoisotopic (exact) mass is 462 g/mol. The number of benzene rings is 3. The molecule has 0 saturated heterocycles. The molecule has 7 heteroatoms. The second-order valence-electron chi connectivity index (χ2n) is 7.86. The van der Waals surface area contributed by atoms with Crippen LogP contribution in [0.1, 0.15) is 43.2 Å². The average molecular weight is 462 g/mol. The maximum Gasteiger partial charge on any atom is 0.418 e. The van der Waals surface area contributed by atoms with E-state index >= 15 is 0 Å². The van der Waals surface area contributed by atoms with Gasteiger partial charge in [0, 0.05) is 28.2 Å². The number of nitrogens with zero attached hydrogens (tertiary/aromatic N) is 1. The molecule has 1 N–H and O–H groups in total. The Hall–Kier alpha value is -4.13. The van der Waals surface area contributed by atoms with E-state index in [1.807, 2.05) is 6.07 Å². The summed E-state index contributed by atoms with van der Waals surface area (Å²) in [7, 11) is 0. The smallest absolute Gasteiger partial charge is 0.322 e. The Bertz CT molecular complexity index is 1360. The number of carbonyl (C=O) groups excluding carboxylic acids is 2. The van der Waals surface area contributed by atoms with Gasteiger partial charge in [0.2, 0.25) is 0 Å². The highest BCUT2D eigenvalue weighted by Gasteiger charge is 2.34. The third kappa shape index (κ3) is 4.50. The zero-order valence-corrected chi connectivity index (χ0v) is 18.5. The minimum absolute atomic E-state index is 0.0344. The largest absolute Gasteiger partial charge is 0.418 e. The Morgan fingerprint density at radius 3 is 2.03 bits per heavy atom. The van der Waals surface area contributed by atoms with Crippen molar-refractivity contribution in [1.82, 2.24) is 4.57 Å². The number of aryl methyl sites for hydroxylation is 1. The van der Waals surface area contributed by atoms with Crippen molar-refractivity contribution in [2.45, 2.75) is 20.0 Å². The molecular formula is C27H21F3N2O2. The molecule has 0 fully saturated rings. The fourth-order valence-electron chi connectivity index (χ4n) is 3.93. The van der Waals surface area contributed by atoms with E-state index < -0.39 is 17.6 Å².